The number of nitrogens with zero attached hydrogens (tertiary/aromatic N) is 1. The van der Waals surface area contributed by atoms with E-state index in [0.29, 0.717) is 0 Å². The second-order valence-corrected chi connectivity index (χ2v) is 6.17. The van der Waals surface area contributed by atoms with Gasteiger partial charge in [0.15, 0.2) is 0 Å². The summed E-state index contributed by atoms with van der Waals surface area (Å²) in [5.74, 6) is 0. The zero-order valence-corrected chi connectivity index (χ0v) is 10.6. The van der Waals surface area contributed by atoms with Crippen LogP contribution < -0.4 is 0 Å². The van der Waals surface area contributed by atoms with Gasteiger partial charge in [0.25, 0.3) is 0 Å². The summed E-state index contributed by atoms with van der Waals surface area (Å²) in [4.78, 5) is 19.7. The molecule has 0 radical (unpaired) electrons. The molecular formula is C9H22NO3P. The molecule has 0 aliphatic carbocycles. The predicted molar refractivity (Wildman–Crippen MR) is 58.5 cm³/mol. The zero-order valence-electron chi connectivity index (χ0n) is 9.69. The fourth-order valence-electron chi connectivity index (χ4n) is 1.31. The summed E-state index contributed by atoms with van der Waals surface area (Å²) in [5.41, 5.74) is -0.0193. The summed E-state index contributed by atoms with van der Waals surface area (Å²) in [6.45, 7) is 8.06. The van der Waals surface area contributed by atoms with E-state index in [-0.39, 0.29) is 17.7 Å². The van der Waals surface area contributed by atoms with E-state index < -0.39 is 7.60 Å². The number of rotatable bonds is 5. The van der Waals surface area contributed by atoms with Crippen molar-refractivity contribution in [3.8, 4) is 0 Å². The second-order valence-electron chi connectivity index (χ2n) is 4.47. The molecule has 1 atom stereocenters. The Morgan fingerprint density at radius 2 is 1.86 bits per heavy atom. The molecule has 0 saturated carbocycles. The Morgan fingerprint density at radius 1 is 1.43 bits per heavy atom. The molecule has 14 heavy (non-hydrogen) atoms. The van der Waals surface area contributed by atoms with Gasteiger partial charge < -0.3 is 9.79 Å². The Bertz CT molecular complexity index is 224. The minimum Gasteiger partial charge on any atom is -0.324 e. The van der Waals surface area contributed by atoms with Crippen LogP contribution in [0.1, 0.15) is 34.1 Å². The summed E-state index contributed by atoms with van der Waals surface area (Å²) >= 11 is 0. The Hall–Kier alpha value is 0.110. The maximum atomic E-state index is 10.8. The summed E-state index contributed by atoms with van der Waals surface area (Å²) in [6, 6.07) is -0.106. The lowest BCUT2D eigenvalue weighted by atomic mass is 9.98. The Kier molecular flexibility index (Phi) is 4.79. The summed E-state index contributed by atoms with van der Waals surface area (Å²) < 4.78 is 10.8. The minimum atomic E-state index is -3.90. The van der Waals surface area contributed by atoms with E-state index in [4.69, 9.17) is 9.79 Å². The maximum Gasteiger partial charge on any atom is 0.327 e. The van der Waals surface area contributed by atoms with Crippen LogP contribution in [0, 0.1) is 0 Å². The van der Waals surface area contributed by atoms with Gasteiger partial charge in [-0.3, -0.25) is 9.46 Å². The molecule has 0 spiro atoms. The molecule has 0 amide bonds. The largest absolute Gasteiger partial charge is 0.327 e. The lowest BCUT2D eigenvalue weighted by molar-refractivity contribution is 0.113. The first-order valence-corrected chi connectivity index (χ1v) is 6.67. The Morgan fingerprint density at radius 3 is 2.14 bits per heavy atom. The van der Waals surface area contributed by atoms with Crippen LogP contribution in [0.15, 0.2) is 0 Å². The van der Waals surface area contributed by atoms with Gasteiger partial charge >= 0.3 is 7.60 Å². The molecule has 0 saturated heterocycles. The molecule has 0 fully saturated rings. The number of hydrogen-bond acceptors (Lipinski definition) is 2. The van der Waals surface area contributed by atoms with Gasteiger partial charge in [-0.1, -0.05) is 6.92 Å². The molecule has 0 heterocycles. The van der Waals surface area contributed by atoms with E-state index in [0.717, 1.165) is 6.42 Å². The second kappa shape index (κ2) is 4.75. The third-order valence-electron chi connectivity index (χ3n) is 2.98. The van der Waals surface area contributed by atoms with Crippen molar-refractivity contribution in [2.75, 3.05) is 13.2 Å². The Balaban J connectivity index is 4.40. The van der Waals surface area contributed by atoms with Crippen LogP contribution in [0.2, 0.25) is 0 Å². The first kappa shape index (κ1) is 14.1. The highest BCUT2D eigenvalue weighted by Gasteiger charge is 2.29. The van der Waals surface area contributed by atoms with Gasteiger partial charge in [0.05, 0.1) is 6.16 Å². The van der Waals surface area contributed by atoms with Crippen LogP contribution in [0.4, 0.5) is 0 Å². The molecule has 5 heteroatoms. The lowest BCUT2D eigenvalue weighted by Crippen LogP contribution is -2.47. The smallest absolute Gasteiger partial charge is 0.324 e. The highest BCUT2D eigenvalue weighted by molar-refractivity contribution is 7.51. The van der Waals surface area contributed by atoms with E-state index in [1.54, 1.807) is 0 Å². The average Bonchev–Trinajstić information content (AvgIpc) is 2.00. The van der Waals surface area contributed by atoms with Crippen molar-refractivity contribution in [3.63, 3.8) is 0 Å². The molecular weight excluding hydrogens is 201 g/mol. The van der Waals surface area contributed by atoms with E-state index in [2.05, 4.69) is 20.8 Å². The minimum absolute atomic E-state index is 0.0193. The van der Waals surface area contributed by atoms with Crippen LogP contribution in [0.3, 0.4) is 0 Å². The topological polar surface area (TPSA) is 60.8 Å². The van der Waals surface area contributed by atoms with Crippen molar-refractivity contribution in [2.24, 2.45) is 0 Å². The van der Waals surface area contributed by atoms with Gasteiger partial charge in [-0.25, -0.2) is 0 Å². The number of hydrogen-bond donors (Lipinski definition) is 2. The third kappa shape index (κ3) is 4.56. The molecule has 1 unspecified atom stereocenters. The van der Waals surface area contributed by atoms with E-state index in [1.807, 2.05) is 18.9 Å². The maximum absolute atomic E-state index is 10.8. The van der Waals surface area contributed by atoms with Gasteiger partial charge in [-0.05, 0) is 34.2 Å². The summed E-state index contributed by atoms with van der Waals surface area (Å²) in [7, 11) is -1.99. The standard InChI is InChI=1S/C9H22NO3P/c1-6-9(3,4)10(5)8(2)7-14(11,12)13/h8H,6-7H2,1-5H3,(H2,11,12,13). The molecule has 0 rings (SSSR count). The zero-order chi connectivity index (χ0) is 11.6. The van der Waals surface area contributed by atoms with Crippen LogP contribution in [0.5, 0.6) is 0 Å². The van der Waals surface area contributed by atoms with Crippen LogP contribution >= 0.6 is 7.60 Å². The summed E-state index contributed by atoms with van der Waals surface area (Å²) in [5, 5.41) is 0. The molecule has 0 aliphatic rings. The lowest BCUT2D eigenvalue weighted by Gasteiger charge is -2.39. The first-order chi connectivity index (χ1) is 6.10. The predicted octanol–water partition coefficient (Wildman–Crippen LogP) is 1.67. The summed E-state index contributed by atoms with van der Waals surface area (Å²) in [6.07, 6.45) is 0.877. The molecule has 86 valence electrons. The molecule has 4 nitrogen and oxygen atoms in total. The van der Waals surface area contributed by atoms with E-state index in [1.165, 1.54) is 0 Å². The fraction of sp³-hybridized carbons (Fsp3) is 1.00. The van der Waals surface area contributed by atoms with Crippen molar-refractivity contribution in [2.45, 2.75) is 45.7 Å². The fourth-order valence-corrected chi connectivity index (χ4v) is 2.25. The third-order valence-corrected chi connectivity index (χ3v) is 3.99. The van der Waals surface area contributed by atoms with Gasteiger partial charge in [0, 0.05) is 11.6 Å². The van der Waals surface area contributed by atoms with Crippen molar-refractivity contribution in [3.05, 3.63) is 0 Å². The average molecular weight is 223 g/mol. The van der Waals surface area contributed by atoms with E-state index >= 15 is 0 Å². The van der Waals surface area contributed by atoms with Crippen molar-refractivity contribution >= 4 is 7.60 Å². The van der Waals surface area contributed by atoms with Gasteiger partial charge in [0.2, 0.25) is 0 Å². The SMILES string of the molecule is CCC(C)(C)N(C)C(C)CP(=O)(O)O. The molecule has 0 aromatic rings. The highest BCUT2D eigenvalue weighted by Crippen LogP contribution is 2.37. The molecule has 0 aliphatic heterocycles. The Labute approximate surface area is 86.5 Å². The van der Waals surface area contributed by atoms with Crippen molar-refractivity contribution < 1.29 is 14.4 Å². The molecule has 0 aromatic carbocycles. The van der Waals surface area contributed by atoms with Gasteiger partial charge in [-0.15, -0.1) is 0 Å². The molecule has 2 N–H and O–H groups in total. The van der Waals surface area contributed by atoms with Crippen LogP contribution in [0.25, 0.3) is 0 Å². The quantitative estimate of drug-likeness (QED) is 0.696. The van der Waals surface area contributed by atoms with Crippen LogP contribution in [-0.4, -0.2) is 39.5 Å². The molecule has 0 aromatic heterocycles. The van der Waals surface area contributed by atoms with Crippen LogP contribution in [-0.2, 0) is 4.57 Å². The van der Waals surface area contributed by atoms with Crippen molar-refractivity contribution in [1.82, 2.24) is 4.90 Å². The molecule has 0 bridgehead atoms. The van der Waals surface area contributed by atoms with Crippen molar-refractivity contribution in [1.29, 1.82) is 0 Å². The monoisotopic (exact) mass is 223 g/mol. The normalized spacial score (nSPS) is 16.0. The first-order valence-electron chi connectivity index (χ1n) is 4.87. The van der Waals surface area contributed by atoms with Gasteiger partial charge in [-0.2, -0.15) is 0 Å². The van der Waals surface area contributed by atoms with E-state index in [9.17, 15) is 4.57 Å². The highest BCUT2D eigenvalue weighted by atomic mass is 31.2. The van der Waals surface area contributed by atoms with Gasteiger partial charge in [0.1, 0.15) is 0 Å².